The highest BCUT2D eigenvalue weighted by atomic mass is 14.4. The first-order valence-electron chi connectivity index (χ1n) is 6.23. The van der Waals surface area contributed by atoms with Crippen molar-refractivity contribution >= 4 is 0 Å². The smallest absolute Gasteiger partial charge is 0.0127 e. The Balaban J connectivity index is 2.45. The lowest BCUT2D eigenvalue weighted by Gasteiger charge is -2.42. The predicted molar refractivity (Wildman–Crippen MR) is 74.8 cm³/mol. The van der Waals surface area contributed by atoms with Gasteiger partial charge in [-0.15, -0.1) is 0 Å². The quantitative estimate of drug-likeness (QED) is 0.685. The zero-order valence-electron chi connectivity index (χ0n) is 11.2. The van der Waals surface area contributed by atoms with Crippen LogP contribution in [0.5, 0.6) is 0 Å². The second-order valence-electron chi connectivity index (χ2n) is 5.69. The van der Waals surface area contributed by atoms with Crippen molar-refractivity contribution in [2.75, 3.05) is 0 Å². The molecule has 0 spiro atoms. The third kappa shape index (κ3) is 2.09. The van der Waals surface area contributed by atoms with Crippen LogP contribution in [0.25, 0.3) is 0 Å². The molecule has 1 aliphatic rings. The Kier molecular flexibility index (Phi) is 2.99. The average Bonchev–Trinajstić information content (AvgIpc) is 2.29. The molecule has 0 N–H and O–H groups in total. The molecular weight excluding hydrogens is 204 g/mol. The van der Waals surface area contributed by atoms with Crippen molar-refractivity contribution in [3.63, 3.8) is 0 Å². The SMILES string of the molecule is CC1=CC(C)(C(C)(C)c2ccccc2)C=C[CH]1. The molecule has 2 rings (SSSR count). The van der Waals surface area contributed by atoms with E-state index in [4.69, 9.17) is 0 Å². The fourth-order valence-electron chi connectivity index (χ4n) is 2.52. The van der Waals surface area contributed by atoms with E-state index in [9.17, 15) is 0 Å². The van der Waals surface area contributed by atoms with Crippen molar-refractivity contribution in [3.8, 4) is 0 Å². The molecule has 0 fully saturated rings. The molecule has 1 aromatic rings. The molecule has 0 aliphatic heterocycles. The standard InChI is InChI=1S/C17H21/c1-14-9-8-12-17(4,13-14)16(2,3)15-10-6-5-7-11-15/h5-13H,1-4H3. The van der Waals surface area contributed by atoms with E-state index in [1.807, 2.05) is 0 Å². The molecule has 0 aromatic heterocycles. The molecule has 0 amide bonds. The van der Waals surface area contributed by atoms with Gasteiger partial charge in [-0.2, -0.15) is 0 Å². The minimum atomic E-state index is 0.0766. The van der Waals surface area contributed by atoms with E-state index in [0.717, 1.165) is 0 Å². The maximum atomic E-state index is 2.38. The first-order valence-corrected chi connectivity index (χ1v) is 6.23. The summed E-state index contributed by atoms with van der Waals surface area (Å²) in [5, 5.41) is 0. The van der Waals surface area contributed by atoms with Gasteiger partial charge in [0.15, 0.2) is 0 Å². The summed E-state index contributed by atoms with van der Waals surface area (Å²) in [7, 11) is 0. The maximum Gasteiger partial charge on any atom is 0.0127 e. The summed E-state index contributed by atoms with van der Waals surface area (Å²) >= 11 is 0. The van der Waals surface area contributed by atoms with Gasteiger partial charge in [-0.1, -0.05) is 74.9 Å². The van der Waals surface area contributed by atoms with Crippen LogP contribution in [-0.4, -0.2) is 0 Å². The van der Waals surface area contributed by atoms with Crippen LogP contribution >= 0.6 is 0 Å². The molecule has 1 radical (unpaired) electrons. The molecular formula is C17H21. The lowest BCUT2D eigenvalue weighted by Crippen LogP contribution is -2.37. The summed E-state index contributed by atoms with van der Waals surface area (Å²) < 4.78 is 0. The van der Waals surface area contributed by atoms with Gasteiger partial charge in [0.2, 0.25) is 0 Å². The number of hydrogen-bond donors (Lipinski definition) is 0. The van der Waals surface area contributed by atoms with Gasteiger partial charge in [-0.25, -0.2) is 0 Å². The Morgan fingerprint density at radius 1 is 1.06 bits per heavy atom. The Labute approximate surface area is 105 Å². The molecule has 0 saturated heterocycles. The van der Waals surface area contributed by atoms with Crippen molar-refractivity contribution in [1.29, 1.82) is 0 Å². The highest BCUT2D eigenvalue weighted by Gasteiger charge is 2.39. The second-order valence-corrected chi connectivity index (χ2v) is 5.69. The van der Waals surface area contributed by atoms with Crippen molar-refractivity contribution in [3.05, 3.63) is 66.1 Å². The summed E-state index contributed by atoms with van der Waals surface area (Å²) in [4.78, 5) is 0. The summed E-state index contributed by atoms with van der Waals surface area (Å²) in [6.45, 7) is 9.12. The van der Waals surface area contributed by atoms with E-state index >= 15 is 0 Å². The van der Waals surface area contributed by atoms with Crippen molar-refractivity contribution in [2.45, 2.75) is 33.1 Å². The monoisotopic (exact) mass is 225 g/mol. The minimum Gasteiger partial charge on any atom is -0.0796 e. The Morgan fingerprint density at radius 2 is 1.71 bits per heavy atom. The highest BCUT2D eigenvalue weighted by Crippen LogP contribution is 2.46. The van der Waals surface area contributed by atoms with Gasteiger partial charge in [-0.05, 0) is 12.5 Å². The van der Waals surface area contributed by atoms with Gasteiger partial charge in [0.05, 0.1) is 0 Å². The third-order valence-electron chi connectivity index (χ3n) is 4.17. The van der Waals surface area contributed by atoms with Crippen molar-refractivity contribution < 1.29 is 0 Å². The van der Waals surface area contributed by atoms with Crippen LogP contribution in [0.2, 0.25) is 0 Å². The van der Waals surface area contributed by atoms with E-state index in [1.54, 1.807) is 0 Å². The maximum absolute atomic E-state index is 2.38. The molecule has 17 heavy (non-hydrogen) atoms. The number of hydrogen-bond acceptors (Lipinski definition) is 0. The Morgan fingerprint density at radius 3 is 2.29 bits per heavy atom. The number of rotatable bonds is 2. The first-order chi connectivity index (χ1) is 7.96. The van der Waals surface area contributed by atoms with E-state index in [1.165, 1.54) is 11.1 Å². The highest BCUT2D eigenvalue weighted by molar-refractivity contribution is 5.39. The number of allylic oxidation sites excluding steroid dienone is 4. The van der Waals surface area contributed by atoms with Crippen LogP contribution in [0.15, 0.2) is 54.1 Å². The first kappa shape index (κ1) is 12.2. The minimum absolute atomic E-state index is 0.0766. The molecule has 1 atom stereocenters. The summed E-state index contributed by atoms with van der Waals surface area (Å²) in [6, 6.07) is 10.8. The van der Waals surface area contributed by atoms with Gasteiger partial charge in [0.1, 0.15) is 0 Å². The zero-order valence-corrected chi connectivity index (χ0v) is 11.2. The van der Waals surface area contributed by atoms with E-state index in [2.05, 4.69) is 82.7 Å². The zero-order chi connectivity index (χ0) is 12.5. The van der Waals surface area contributed by atoms with Crippen LogP contribution < -0.4 is 0 Å². The van der Waals surface area contributed by atoms with E-state index < -0.39 is 0 Å². The average molecular weight is 225 g/mol. The van der Waals surface area contributed by atoms with Crippen LogP contribution in [0.4, 0.5) is 0 Å². The molecule has 0 heteroatoms. The van der Waals surface area contributed by atoms with Gasteiger partial charge in [-0.3, -0.25) is 0 Å². The molecule has 0 heterocycles. The second kappa shape index (κ2) is 4.18. The molecule has 1 aliphatic carbocycles. The summed E-state index contributed by atoms with van der Waals surface area (Å²) in [5.41, 5.74) is 2.91. The normalized spacial score (nSPS) is 24.6. The Bertz CT molecular complexity index is 448. The number of benzene rings is 1. The predicted octanol–water partition coefficient (Wildman–Crippen LogP) is 4.69. The molecule has 0 saturated carbocycles. The lowest BCUT2D eigenvalue weighted by molar-refractivity contribution is 0.306. The van der Waals surface area contributed by atoms with Crippen LogP contribution in [0.3, 0.4) is 0 Å². The van der Waals surface area contributed by atoms with Crippen LogP contribution in [0.1, 0.15) is 33.3 Å². The van der Waals surface area contributed by atoms with Crippen molar-refractivity contribution in [1.82, 2.24) is 0 Å². The molecule has 0 nitrogen and oxygen atoms in total. The molecule has 0 bridgehead atoms. The fourth-order valence-corrected chi connectivity index (χ4v) is 2.52. The van der Waals surface area contributed by atoms with Gasteiger partial charge in [0, 0.05) is 17.3 Å². The topological polar surface area (TPSA) is 0 Å². The lowest BCUT2D eigenvalue weighted by atomic mass is 9.61. The van der Waals surface area contributed by atoms with Crippen molar-refractivity contribution in [2.24, 2.45) is 5.41 Å². The summed E-state index contributed by atoms with van der Waals surface area (Å²) in [5.74, 6) is 0. The van der Waals surface area contributed by atoms with Gasteiger partial charge >= 0.3 is 0 Å². The fraction of sp³-hybridized carbons (Fsp3) is 0.353. The van der Waals surface area contributed by atoms with E-state index in [0.29, 0.717) is 0 Å². The Hall–Kier alpha value is -1.30. The van der Waals surface area contributed by atoms with Crippen LogP contribution in [-0.2, 0) is 5.41 Å². The van der Waals surface area contributed by atoms with Gasteiger partial charge in [0.25, 0.3) is 0 Å². The van der Waals surface area contributed by atoms with E-state index in [-0.39, 0.29) is 10.8 Å². The third-order valence-corrected chi connectivity index (χ3v) is 4.17. The van der Waals surface area contributed by atoms with Crippen LogP contribution in [0, 0.1) is 11.8 Å². The molecule has 1 unspecified atom stereocenters. The summed E-state index contributed by atoms with van der Waals surface area (Å²) in [6.07, 6.45) is 9.04. The molecule has 89 valence electrons. The molecule has 1 aromatic carbocycles. The van der Waals surface area contributed by atoms with Gasteiger partial charge < -0.3 is 0 Å². The largest absolute Gasteiger partial charge is 0.0796 e.